The molecular weight excluding hydrogens is 392 g/mol. The molecule has 4 nitrogen and oxygen atoms in total. The summed E-state index contributed by atoms with van der Waals surface area (Å²) < 4.78 is 5.19. The summed E-state index contributed by atoms with van der Waals surface area (Å²) in [5.41, 5.74) is 1.66. The van der Waals surface area contributed by atoms with Gasteiger partial charge in [0, 0.05) is 0 Å². The van der Waals surface area contributed by atoms with Crippen LogP contribution in [-0.2, 0) is 4.79 Å². The van der Waals surface area contributed by atoms with Crippen molar-refractivity contribution in [3.63, 3.8) is 0 Å². The number of hydrogen-bond donors (Lipinski definition) is 1. The number of benzene rings is 4. The molecule has 1 N–H and O–H groups in total. The third kappa shape index (κ3) is 3.04. The molecule has 1 heterocycles. The Bertz CT molecular complexity index is 1290. The van der Waals surface area contributed by atoms with Crippen LogP contribution in [0, 0.1) is 5.41 Å². The molecule has 0 aromatic heterocycles. The normalized spacial score (nSPS) is 15.5. The van der Waals surface area contributed by atoms with Crippen LogP contribution in [0.25, 0.3) is 27.6 Å². The van der Waals surface area contributed by atoms with Crippen LogP contribution in [-0.4, -0.2) is 18.2 Å². The minimum absolute atomic E-state index is 0.188. The molecule has 0 aliphatic carbocycles. The molecule has 0 bridgehead atoms. The van der Waals surface area contributed by atoms with E-state index in [2.05, 4.69) is 30.3 Å². The molecule has 5 rings (SSSR count). The lowest BCUT2D eigenvalue weighted by Crippen LogP contribution is -2.27. The molecule has 0 radical (unpaired) electrons. The average Bonchev–Trinajstić information content (AvgIpc) is 3.06. The fourth-order valence-corrected chi connectivity index (χ4v) is 4.63. The number of ether oxygens (including phenoxy) is 1. The Balaban J connectivity index is 1.63. The van der Waals surface area contributed by atoms with Crippen molar-refractivity contribution < 1.29 is 9.53 Å². The number of fused-ring (bicyclic) bond motifs is 2. The molecule has 1 amide bonds. The number of thioether (sulfide) groups is 1. The van der Waals surface area contributed by atoms with E-state index in [0.29, 0.717) is 16.3 Å². The number of amides is 1. The molecule has 0 atom stereocenters. The first-order valence-electron chi connectivity index (χ1n) is 9.53. The van der Waals surface area contributed by atoms with Crippen molar-refractivity contribution in [1.82, 2.24) is 0 Å². The van der Waals surface area contributed by atoms with Crippen LogP contribution >= 0.6 is 11.8 Å². The van der Waals surface area contributed by atoms with Gasteiger partial charge in [0.25, 0.3) is 5.91 Å². The minimum Gasteiger partial charge on any atom is -0.497 e. The maximum atomic E-state index is 13.2. The van der Waals surface area contributed by atoms with Gasteiger partial charge in [0.15, 0.2) is 5.17 Å². The lowest BCUT2D eigenvalue weighted by molar-refractivity contribution is -0.113. The summed E-state index contributed by atoms with van der Waals surface area (Å²) in [6.45, 7) is 0. The summed E-state index contributed by atoms with van der Waals surface area (Å²) in [6, 6.07) is 25.7. The molecule has 1 saturated heterocycles. The van der Waals surface area contributed by atoms with Crippen LogP contribution in [0.15, 0.2) is 83.8 Å². The Morgan fingerprint density at radius 3 is 2.10 bits per heavy atom. The topological polar surface area (TPSA) is 53.4 Å². The molecule has 1 aliphatic rings. The van der Waals surface area contributed by atoms with Crippen LogP contribution in [0.3, 0.4) is 0 Å². The third-order valence-electron chi connectivity index (χ3n) is 5.24. The number of anilines is 1. The number of nitrogens with zero attached hydrogens (tertiary/aromatic N) is 1. The Kier molecular flexibility index (Phi) is 4.52. The number of rotatable bonds is 3. The van der Waals surface area contributed by atoms with Gasteiger partial charge >= 0.3 is 0 Å². The summed E-state index contributed by atoms with van der Waals surface area (Å²) in [6.07, 6.45) is 1.93. The standard InChI is InChI=1S/C25H18N2O2S/c1-29-19-12-10-18(11-13-19)27-24(28)23(30-25(27)26)15-22-20-8-4-2-6-16(20)14-17-7-3-5-9-21(17)22/h2-15,26H,1H3/b23-15-,26-25?. The number of amidine groups is 1. The van der Waals surface area contributed by atoms with Gasteiger partial charge in [-0.1, -0.05) is 48.5 Å². The molecular formula is C25H18N2O2S. The maximum Gasteiger partial charge on any atom is 0.271 e. The lowest BCUT2D eigenvalue weighted by Gasteiger charge is -2.14. The fourth-order valence-electron chi connectivity index (χ4n) is 3.79. The molecule has 1 fully saturated rings. The van der Waals surface area contributed by atoms with Crippen LogP contribution in [0.4, 0.5) is 5.69 Å². The van der Waals surface area contributed by atoms with E-state index in [1.165, 1.54) is 16.7 Å². The first-order chi connectivity index (χ1) is 14.7. The van der Waals surface area contributed by atoms with E-state index in [-0.39, 0.29) is 11.1 Å². The summed E-state index contributed by atoms with van der Waals surface area (Å²) >= 11 is 1.19. The average molecular weight is 410 g/mol. The molecule has 0 unspecified atom stereocenters. The molecule has 5 heteroatoms. The van der Waals surface area contributed by atoms with Gasteiger partial charge in [-0.25, -0.2) is 0 Å². The van der Waals surface area contributed by atoms with Gasteiger partial charge in [-0.3, -0.25) is 15.1 Å². The van der Waals surface area contributed by atoms with E-state index < -0.39 is 0 Å². The molecule has 30 heavy (non-hydrogen) atoms. The van der Waals surface area contributed by atoms with Crippen molar-refractivity contribution in [2.75, 3.05) is 12.0 Å². The number of methoxy groups -OCH3 is 1. The highest BCUT2D eigenvalue weighted by molar-refractivity contribution is 8.19. The SMILES string of the molecule is COc1ccc(N2C(=N)S/C(=C\c3c4ccccc4cc4ccccc34)C2=O)cc1. The van der Waals surface area contributed by atoms with Crippen LogP contribution < -0.4 is 9.64 Å². The van der Waals surface area contributed by atoms with Crippen LogP contribution in [0.5, 0.6) is 5.75 Å². The van der Waals surface area contributed by atoms with Crippen LogP contribution in [0.1, 0.15) is 5.56 Å². The van der Waals surface area contributed by atoms with Crippen molar-refractivity contribution in [3.05, 3.63) is 89.3 Å². The van der Waals surface area contributed by atoms with E-state index in [9.17, 15) is 4.79 Å². The van der Waals surface area contributed by atoms with Gasteiger partial charge in [-0.15, -0.1) is 0 Å². The number of hydrogen-bond acceptors (Lipinski definition) is 4. The van der Waals surface area contributed by atoms with Crippen molar-refractivity contribution in [2.45, 2.75) is 0 Å². The monoisotopic (exact) mass is 410 g/mol. The summed E-state index contributed by atoms with van der Waals surface area (Å²) in [4.78, 5) is 15.2. The van der Waals surface area contributed by atoms with Gasteiger partial charge in [-0.05, 0) is 75.3 Å². The highest BCUT2D eigenvalue weighted by Gasteiger charge is 2.33. The Hall–Kier alpha value is -3.57. The second-order valence-corrected chi connectivity index (χ2v) is 8.02. The Morgan fingerprint density at radius 1 is 0.900 bits per heavy atom. The van der Waals surface area contributed by atoms with Gasteiger partial charge in [0.05, 0.1) is 17.7 Å². The highest BCUT2D eigenvalue weighted by atomic mass is 32.2. The first kappa shape index (κ1) is 18.5. The largest absolute Gasteiger partial charge is 0.497 e. The van der Waals surface area contributed by atoms with Gasteiger partial charge < -0.3 is 4.74 Å². The van der Waals surface area contributed by atoms with Crippen molar-refractivity contribution in [2.24, 2.45) is 0 Å². The van der Waals surface area contributed by atoms with Crippen LogP contribution in [0.2, 0.25) is 0 Å². The second kappa shape index (κ2) is 7.35. The molecule has 4 aromatic rings. The number of nitrogens with one attached hydrogen (secondary N) is 1. The molecule has 146 valence electrons. The highest BCUT2D eigenvalue weighted by Crippen LogP contribution is 2.38. The van der Waals surface area contributed by atoms with E-state index in [0.717, 1.165) is 27.1 Å². The van der Waals surface area contributed by atoms with E-state index in [4.69, 9.17) is 10.1 Å². The predicted octanol–water partition coefficient (Wildman–Crippen LogP) is 6.06. The Labute approximate surface area is 178 Å². The van der Waals surface area contributed by atoms with Crippen molar-refractivity contribution >= 4 is 56.1 Å². The predicted molar refractivity (Wildman–Crippen MR) is 125 cm³/mol. The molecule has 4 aromatic carbocycles. The van der Waals surface area contributed by atoms with E-state index >= 15 is 0 Å². The summed E-state index contributed by atoms with van der Waals surface area (Å²) in [7, 11) is 1.60. The van der Waals surface area contributed by atoms with Gasteiger partial charge in [-0.2, -0.15) is 0 Å². The number of carbonyl (C=O) groups is 1. The zero-order valence-corrected chi connectivity index (χ0v) is 17.1. The third-order valence-corrected chi connectivity index (χ3v) is 6.13. The van der Waals surface area contributed by atoms with Gasteiger partial charge in [0.2, 0.25) is 0 Å². The second-order valence-electron chi connectivity index (χ2n) is 6.99. The first-order valence-corrected chi connectivity index (χ1v) is 10.3. The van der Waals surface area contributed by atoms with Crippen molar-refractivity contribution in [1.29, 1.82) is 5.41 Å². The lowest BCUT2D eigenvalue weighted by atomic mass is 9.96. The number of carbonyl (C=O) groups excluding carboxylic acids is 1. The molecule has 0 spiro atoms. The smallest absolute Gasteiger partial charge is 0.271 e. The maximum absolute atomic E-state index is 13.2. The molecule has 0 saturated carbocycles. The zero-order valence-electron chi connectivity index (χ0n) is 16.3. The minimum atomic E-state index is -0.188. The molecule has 1 aliphatic heterocycles. The van der Waals surface area contributed by atoms with E-state index in [1.807, 2.05) is 30.3 Å². The van der Waals surface area contributed by atoms with Gasteiger partial charge in [0.1, 0.15) is 5.75 Å². The Morgan fingerprint density at radius 2 is 1.50 bits per heavy atom. The zero-order chi connectivity index (χ0) is 20.7. The quantitative estimate of drug-likeness (QED) is 0.330. The summed E-state index contributed by atoms with van der Waals surface area (Å²) in [5.74, 6) is 0.523. The van der Waals surface area contributed by atoms with Crippen molar-refractivity contribution in [3.8, 4) is 5.75 Å². The fraction of sp³-hybridized carbons (Fsp3) is 0.0400. The summed E-state index contributed by atoms with van der Waals surface area (Å²) in [5, 5.41) is 13.0. The van der Waals surface area contributed by atoms with E-state index in [1.54, 1.807) is 31.4 Å².